The molecule has 0 bridgehead atoms. The van der Waals surface area contributed by atoms with Crippen LogP contribution in [0, 0.1) is 13.8 Å². The topological polar surface area (TPSA) is 188 Å². The molecular formula is C19H22N4O8. The molecular weight excluding hydrogens is 412 g/mol. The van der Waals surface area contributed by atoms with E-state index in [9.17, 15) is 29.7 Å². The summed E-state index contributed by atoms with van der Waals surface area (Å²) in [5.41, 5.74) is 0.0414. The Morgan fingerprint density at radius 1 is 1.03 bits per heavy atom. The Kier molecular flexibility index (Phi) is 6.18. The molecule has 1 aromatic carbocycles. The lowest BCUT2D eigenvalue weighted by Crippen LogP contribution is -2.43. The van der Waals surface area contributed by atoms with Crippen LogP contribution in [-0.2, 0) is 17.9 Å². The predicted octanol–water partition coefficient (Wildman–Crippen LogP) is -2.17. The minimum atomic E-state index is -1.72. The highest BCUT2D eigenvalue weighted by Gasteiger charge is 2.28. The minimum absolute atomic E-state index is 0.211. The number of rotatable bonds is 7. The highest BCUT2D eigenvalue weighted by molar-refractivity contribution is 5.81. The molecule has 0 saturated carbocycles. The third kappa shape index (κ3) is 4.18. The summed E-state index contributed by atoms with van der Waals surface area (Å²) in [6.45, 7) is 1.56. The number of carboxylic acid groups (broad SMARTS) is 1. The molecule has 3 unspecified atom stereocenters. The van der Waals surface area contributed by atoms with Crippen LogP contribution in [0.1, 0.15) is 11.1 Å². The number of benzene rings is 1. The second-order valence-corrected chi connectivity index (χ2v) is 7.31. The number of hydrogen-bond acceptors (Lipinski definition) is 9. The van der Waals surface area contributed by atoms with Crippen molar-refractivity contribution in [1.82, 2.24) is 19.1 Å². The summed E-state index contributed by atoms with van der Waals surface area (Å²) < 4.78 is 1.74. The number of fused-ring (bicyclic) bond motifs is 2. The van der Waals surface area contributed by atoms with Crippen LogP contribution >= 0.6 is 0 Å². The van der Waals surface area contributed by atoms with Crippen LogP contribution in [-0.4, -0.2) is 75.5 Å². The molecule has 2 heterocycles. The Morgan fingerprint density at radius 3 is 2.29 bits per heavy atom. The SMILES string of the molecule is Cc1cc2nc3c(=O)n(CC(=O)O)c(=O)nc-3n(CC(O)C(O)C(O)CO)c2cc1C. The van der Waals surface area contributed by atoms with Gasteiger partial charge >= 0.3 is 11.7 Å². The lowest BCUT2D eigenvalue weighted by Gasteiger charge is -2.25. The Hall–Kier alpha value is -3.19. The van der Waals surface area contributed by atoms with Gasteiger partial charge in [0.25, 0.3) is 5.56 Å². The van der Waals surface area contributed by atoms with E-state index in [1.54, 1.807) is 12.1 Å². The van der Waals surface area contributed by atoms with Crippen molar-refractivity contribution in [2.24, 2.45) is 0 Å². The van der Waals surface area contributed by atoms with Gasteiger partial charge in [-0.15, -0.1) is 0 Å². The van der Waals surface area contributed by atoms with Crippen LogP contribution in [0.25, 0.3) is 22.6 Å². The number of carboxylic acids is 1. The molecule has 31 heavy (non-hydrogen) atoms. The van der Waals surface area contributed by atoms with Crippen LogP contribution in [0.15, 0.2) is 21.7 Å². The number of aromatic nitrogens is 4. The van der Waals surface area contributed by atoms with E-state index in [4.69, 9.17) is 10.2 Å². The van der Waals surface area contributed by atoms with Crippen LogP contribution in [0.4, 0.5) is 0 Å². The van der Waals surface area contributed by atoms with E-state index in [1.807, 2.05) is 13.8 Å². The minimum Gasteiger partial charge on any atom is -0.480 e. The Labute approximate surface area is 174 Å². The zero-order valence-corrected chi connectivity index (χ0v) is 16.8. The van der Waals surface area contributed by atoms with Crippen molar-refractivity contribution in [2.75, 3.05) is 6.61 Å². The van der Waals surface area contributed by atoms with Crippen LogP contribution in [0.5, 0.6) is 0 Å². The Bertz CT molecular complexity index is 1230. The molecule has 0 aromatic heterocycles. The number of aliphatic hydroxyl groups is 4. The number of carbonyl (C=O) groups is 1. The second kappa shape index (κ2) is 8.51. The summed E-state index contributed by atoms with van der Waals surface area (Å²) >= 11 is 0. The summed E-state index contributed by atoms with van der Waals surface area (Å²) in [6, 6.07) is 3.38. The van der Waals surface area contributed by atoms with Crippen molar-refractivity contribution in [3.05, 3.63) is 44.1 Å². The first-order valence-electron chi connectivity index (χ1n) is 9.34. The van der Waals surface area contributed by atoms with Gasteiger partial charge in [0.2, 0.25) is 0 Å². The second-order valence-electron chi connectivity index (χ2n) is 7.31. The summed E-state index contributed by atoms with van der Waals surface area (Å²) in [5, 5.41) is 48.1. The molecule has 3 rings (SSSR count). The molecule has 0 radical (unpaired) electrons. The van der Waals surface area contributed by atoms with Gasteiger partial charge < -0.3 is 30.1 Å². The van der Waals surface area contributed by atoms with Gasteiger partial charge in [0, 0.05) is 0 Å². The largest absolute Gasteiger partial charge is 0.480 e. The van der Waals surface area contributed by atoms with E-state index in [2.05, 4.69) is 9.97 Å². The fourth-order valence-electron chi connectivity index (χ4n) is 3.25. The Morgan fingerprint density at radius 2 is 1.68 bits per heavy atom. The van der Waals surface area contributed by atoms with Gasteiger partial charge in [-0.3, -0.25) is 9.59 Å². The normalized spacial score (nSPS) is 14.6. The smallest absolute Gasteiger partial charge is 0.353 e. The van der Waals surface area contributed by atoms with Crippen molar-refractivity contribution in [3.63, 3.8) is 0 Å². The predicted molar refractivity (Wildman–Crippen MR) is 107 cm³/mol. The zero-order chi connectivity index (χ0) is 23.0. The van der Waals surface area contributed by atoms with Gasteiger partial charge in [-0.2, -0.15) is 4.98 Å². The van der Waals surface area contributed by atoms with Crippen LogP contribution in [0.3, 0.4) is 0 Å². The molecule has 2 aliphatic heterocycles. The monoisotopic (exact) mass is 434 g/mol. The number of hydrogen-bond donors (Lipinski definition) is 5. The third-order valence-corrected chi connectivity index (χ3v) is 5.10. The lowest BCUT2D eigenvalue weighted by atomic mass is 10.1. The van der Waals surface area contributed by atoms with Crippen molar-refractivity contribution in [3.8, 4) is 11.5 Å². The van der Waals surface area contributed by atoms with Crippen molar-refractivity contribution in [2.45, 2.75) is 45.2 Å². The first-order chi connectivity index (χ1) is 14.5. The van der Waals surface area contributed by atoms with Gasteiger partial charge in [0.05, 0.1) is 24.2 Å². The average molecular weight is 434 g/mol. The maximum absolute atomic E-state index is 12.8. The number of aryl methyl sites for hydroxylation is 2. The molecule has 0 amide bonds. The van der Waals surface area contributed by atoms with Gasteiger partial charge in [-0.1, -0.05) is 0 Å². The fraction of sp³-hybridized carbons (Fsp3) is 0.421. The Balaban J connectivity index is 2.33. The first-order valence-corrected chi connectivity index (χ1v) is 9.34. The van der Waals surface area contributed by atoms with Crippen LogP contribution in [0.2, 0.25) is 0 Å². The highest BCUT2D eigenvalue weighted by atomic mass is 16.4. The molecule has 0 saturated heterocycles. The maximum Gasteiger partial charge on any atom is 0.353 e. The molecule has 5 N–H and O–H groups in total. The molecule has 2 aliphatic rings. The van der Waals surface area contributed by atoms with E-state index < -0.39 is 55.2 Å². The molecule has 12 nitrogen and oxygen atoms in total. The van der Waals surface area contributed by atoms with Crippen molar-refractivity contribution in [1.29, 1.82) is 0 Å². The first kappa shape index (κ1) is 22.5. The van der Waals surface area contributed by atoms with Gasteiger partial charge in [0.15, 0.2) is 11.5 Å². The van der Waals surface area contributed by atoms with Gasteiger partial charge in [-0.05, 0) is 37.1 Å². The van der Waals surface area contributed by atoms with Crippen molar-refractivity contribution < 1.29 is 30.3 Å². The molecule has 1 aromatic rings. The summed E-state index contributed by atoms with van der Waals surface area (Å²) in [6.07, 6.45) is -4.93. The lowest BCUT2D eigenvalue weighted by molar-refractivity contribution is -0.137. The molecule has 0 aliphatic carbocycles. The van der Waals surface area contributed by atoms with E-state index in [0.717, 1.165) is 11.1 Å². The molecule has 3 atom stereocenters. The number of nitrogens with zero attached hydrogens (tertiary/aromatic N) is 4. The van der Waals surface area contributed by atoms with Crippen molar-refractivity contribution >= 4 is 17.0 Å². The summed E-state index contributed by atoms with van der Waals surface area (Å²) in [5.74, 6) is -1.62. The number of aliphatic hydroxyl groups excluding tert-OH is 4. The summed E-state index contributed by atoms with van der Waals surface area (Å²) in [4.78, 5) is 44.2. The summed E-state index contributed by atoms with van der Waals surface area (Å²) in [7, 11) is 0. The van der Waals surface area contributed by atoms with E-state index >= 15 is 0 Å². The van der Waals surface area contributed by atoms with E-state index in [1.165, 1.54) is 4.57 Å². The van der Waals surface area contributed by atoms with Gasteiger partial charge in [-0.25, -0.2) is 14.3 Å². The zero-order valence-electron chi connectivity index (χ0n) is 16.8. The molecule has 12 heteroatoms. The van der Waals surface area contributed by atoms with E-state index in [0.29, 0.717) is 15.6 Å². The number of aliphatic carboxylic acids is 1. The quantitative estimate of drug-likeness (QED) is 0.256. The third-order valence-electron chi connectivity index (χ3n) is 5.10. The van der Waals surface area contributed by atoms with Crippen LogP contribution < -0.4 is 11.2 Å². The fourth-order valence-corrected chi connectivity index (χ4v) is 3.25. The van der Waals surface area contributed by atoms with Gasteiger partial charge in [0.1, 0.15) is 24.9 Å². The molecule has 166 valence electrons. The standard InChI is InChI=1S/C19H22N4O8/c1-8-3-10-11(4-9(8)2)22(5-12(25)16(29)13(26)7-24)17-15(20-10)18(30)23(6-14(27)28)19(31)21-17/h3-4,12-13,16,24-26,29H,5-7H2,1-2H3,(H,27,28). The molecule has 0 spiro atoms. The average Bonchev–Trinajstić information content (AvgIpc) is 2.71. The molecule has 0 fully saturated rings. The highest BCUT2D eigenvalue weighted by Crippen LogP contribution is 2.24. The van der Waals surface area contributed by atoms with E-state index in [-0.39, 0.29) is 11.5 Å². The maximum atomic E-state index is 12.8.